The fraction of sp³-hybridized carbons (Fsp3) is 0.231. The highest BCUT2D eigenvalue weighted by Gasteiger charge is 2.22. The van der Waals surface area contributed by atoms with E-state index in [1.807, 2.05) is 28.8 Å². The molecular formula is C13H11BrN2O2. The summed E-state index contributed by atoms with van der Waals surface area (Å²) in [7, 11) is 0. The first-order valence-corrected chi connectivity index (χ1v) is 6.41. The summed E-state index contributed by atoms with van der Waals surface area (Å²) in [6.45, 7) is 2.06. The summed E-state index contributed by atoms with van der Waals surface area (Å²) in [6.07, 6.45) is 1.82. The Labute approximate surface area is 113 Å². The van der Waals surface area contributed by atoms with Gasteiger partial charge in [-0.3, -0.25) is 0 Å². The Morgan fingerprint density at radius 1 is 1.61 bits per heavy atom. The molecule has 0 N–H and O–H groups in total. The van der Waals surface area contributed by atoms with Crippen molar-refractivity contribution in [3.63, 3.8) is 0 Å². The maximum atomic E-state index is 11.9. The van der Waals surface area contributed by atoms with Crippen LogP contribution in [-0.4, -0.2) is 17.0 Å². The quantitative estimate of drug-likeness (QED) is 0.647. The smallest absolute Gasteiger partial charge is 0.340 e. The second-order valence-corrected chi connectivity index (χ2v) is 4.57. The molecule has 1 unspecified atom stereocenters. The Balaban J connectivity index is 2.65. The number of esters is 1. The first kappa shape index (κ1) is 12.7. The predicted molar refractivity (Wildman–Crippen MR) is 70.6 cm³/mol. The summed E-state index contributed by atoms with van der Waals surface area (Å²) in [5.74, 6) is -0.407. The Kier molecular flexibility index (Phi) is 3.68. The predicted octanol–water partition coefficient (Wildman–Crippen LogP) is 3.08. The molecule has 0 aromatic carbocycles. The molecule has 4 nitrogen and oxygen atoms in total. The lowest BCUT2D eigenvalue weighted by molar-refractivity contribution is 0.0525. The average Bonchev–Trinajstić information content (AvgIpc) is 2.77. The van der Waals surface area contributed by atoms with Crippen LogP contribution in [0, 0.1) is 11.3 Å². The van der Waals surface area contributed by atoms with E-state index >= 15 is 0 Å². The van der Waals surface area contributed by atoms with Gasteiger partial charge in [0.2, 0.25) is 0 Å². The van der Waals surface area contributed by atoms with E-state index in [4.69, 9.17) is 10.00 Å². The van der Waals surface area contributed by atoms with Crippen LogP contribution in [0.2, 0.25) is 0 Å². The zero-order valence-corrected chi connectivity index (χ0v) is 11.3. The van der Waals surface area contributed by atoms with Crippen LogP contribution in [0.4, 0.5) is 0 Å². The number of aromatic nitrogens is 1. The number of hydrogen-bond acceptors (Lipinski definition) is 3. The van der Waals surface area contributed by atoms with Crippen LogP contribution in [0.5, 0.6) is 0 Å². The van der Waals surface area contributed by atoms with Crippen LogP contribution in [0.25, 0.3) is 5.52 Å². The van der Waals surface area contributed by atoms with Crippen molar-refractivity contribution in [1.82, 2.24) is 4.40 Å². The van der Waals surface area contributed by atoms with Crippen molar-refractivity contribution in [3.05, 3.63) is 41.7 Å². The van der Waals surface area contributed by atoms with E-state index in [0.29, 0.717) is 17.9 Å². The number of alkyl halides is 1. The molecule has 0 bridgehead atoms. The summed E-state index contributed by atoms with van der Waals surface area (Å²) in [5.41, 5.74) is 1.88. The van der Waals surface area contributed by atoms with E-state index in [0.717, 1.165) is 5.52 Å². The molecule has 0 radical (unpaired) electrons. The SMILES string of the molecule is CCOC(=O)c1cc2ccccn2c1C(Br)C#N. The highest BCUT2D eigenvalue weighted by Crippen LogP contribution is 2.29. The third-order valence-corrected chi connectivity index (χ3v) is 3.21. The molecular weight excluding hydrogens is 296 g/mol. The van der Waals surface area contributed by atoms with Crippen molar-refractivity contribution in [2.45, 2.75) is 11.8 Å². The molecule has 2 aromatic rings. The lowest BCUT2D eigenvalue weighted by Crippen LogP contribution is -2.08. The Morgan fingerprint density at radius 2 is 2.39 bits per heavy atom. The molecule has 0 saturated heterocycles. The Bertz CT molecular complexity index is 627. The van der Waals surface area contributed by atoms with Gasteiger partial charge in [-0.2, -0.15) is 5.26 Å². The zero-order chi connectivity index (χ0) is 13.1. The highest BCUT2D eigenvalue weighted by molar-refractivity contribution is 9.09. The van der Waals surface area contributed by atoms with Gasteiger partial charge in [0.25, 0.3) is 0 Å². The van der Waals surface area contributed by atoms with Crippen LogP contribution in [-0.2, 0) is 4.74 Å². The minimum atomic E-state index is -0.554. The summed E-state index contributed by atoms with van der Waals surface area (Å²) < 4.78 is 6.82. The molecule has 2 heterocycles. The topological polar surface area (TPSA) is 54.5 Å². The Hall–Kier alpha value is -1.80. The maximum Gasteiger partial charge on any atom is 0.340 e. The molecule has 1 atom stereocenters. The van der Waals surface area contributed by atoms with Gasteiger partial charge in [0.05, 0.1) is 23.9 Å². The number of rotatable bonds is 3. The number of pyridine rings is 1. The normalized spacial score (nSPS) is 12.1. The van der Waals surface area contributed by atoms with Gasteiger partial charge in [0.1, 0.15) is 4.83 Å². The lowest BCUT2D eigenvalue weighted by Gasteiger charge is -2.06. The molecule has 0 saturated carbocycles. The molecule has 2 aromatic heterocycles. The summed E-state index contributed by atoms with van der Waals surface area (Å²) in [6, 6.07) is 9.43. The van der Waals surface area contributed by atoms with Crippen molar-refractivity contribution in [3.8, 4) is 6.07 Å². The number of halogens is 1. The first-order valence-electron chi connectivity index (χ1n) is 5.49. The van der Waals surface area contributed by atoms with Gasteiger partial charge in [-0.1, -0.05) is 22.0 Å². The third-order valence-electron chi connectivity index (χ3n) is 2.57. The monoisotopic (exact) mass is 306 g/mol. The van der Waals surface area contributed by atoms with Gasteiger partial charge in [-0.25, -0.2) is 4.79 Å². The number of carbonyl (C=O) groups is 1. The van der Waals surface area contributed by atoms with E-state index in [-0.39, 0.29) is 0 Å². The fourth-order valence-corrected chi connectivity index (χ4v) is 2.30. The standard InChI is InChI=1S/C13H11BrN2O2/c1-2-18-13(17)10-7-9-5-3-4-6-16(9)12(10)11(14)8-15/h3-7,11H,2H2,1H3. The van der Waals surface area contributed by atoms with Gasteiger partial charge in [-0.05, 0) is 25.1 Å². The highest BCUT2D eigenvalue weighted by atomic mass is 79.9. The second-order valence-electron chi connectivity index (χ2n) is 3.65. The molecule has 0 aliphatic rings. The molecule has 5 heteroatoms. The van der Waals surface area contributed by atoms with Crippen molar-refractivity contribution in [2.75, 3.05) is 6.61 Å². The molecule has 92 valence electrons. The maximum absolute atomic E-state index is 11.9. The summed E-state index contributed by atoms with van der Waals surface area (Å²) >= 11 is 3.27. The van der Waals surface area contributed by atoms with Crippen molar-refractivity contribution < 1.29 is 9.53 Å². The number of ether oxygens (including phenoxy) is 1. The molecule has 0 spiro atoms. The van der Waals surface area contributed by atoms with Gasteiger partial charge < -0.3 is 9.14 Å². The minimum absolute atomic E-state index is 0.309. The van der Waals surface area contributed by atoms with E-state index in [9.17, 15) is 4.79 Å². The molecule has 0 amide bonds. The molecule has 18 heavy (non-hydrogen) atoms. The van der Waals surface area contributed by atoms with Crippen LogP contribution in [0.3, 0.4) is 0 Å². The van der Waals surface area contributed by atoms with Crippen molar-refractivity contribution in [2.24, 2.45) is 0 Å². The summed E-state index contributed by atoms with van der Waals surface area (Å²) in [4.78, 5) is 11.3. The summed E-state index contributed by atoms with van der Waals surface area (Å²) in [5, 5.41) is 9.04. The minimum Gasteiger partial charge on any atom is -0.462 e. The Morgan fingerprint density at radius 3 is 3.06 bits per heavy atom. The van der Waals surface area contributed by atoms with Crippen LogP contribution < -0.4 is 0 Å². The lowest BCUT2D eigenvalue weighted by atomic mass is 10.2. The van der Waals surface area contributed by atoms with Crippen LogP contribution in [0.1, 0.15) is 27.8 Å². The van der Waals surface area contributed by atoms with E-state index in [2.05, 4.69) is 22.0 Å². The van der Waals surface area contributed by atoms with Gasteiger partial charge >= 0.3 is 5.97 Å². The van der Waals surface area contributed by atoms with Gasteiger partial charge in [-0.15, -0.1) is 0 Å². The van der Waals surface area contributed by atoms with Crippen molar-refractivity contribution >= 4 is 27.4 Å². The first-order chi connectivity index (χ1) is 8.69. The van der Waals surface area contributed by atoms with Crippen LogP contribution in [0.15, 0.2) is 30.5 Å². The van der Waals surface area contributed by atoms with Crippen LogP contribution >= 0.6 is 15.9 Å². The number of carbonyl (C=O) groups excluding carboxylic acids is 1. The average molecular weight is 307 g/mol. The van der Waals surface area contributed by atoms with E-state index < -0.39 is 10.8 Å². The second kappa shape index (κ2) is 5.23. The third kappa shape index (κ3) is 2.12. The number of hydrogen-bond donors (Lipinski definition) is 0. The number of nitrogens with zero attached hydrogens (tertiary/aromatic N) is 2. The number of nitriles is 1. The molecule has 2 rings (SSSR count). The van der Waals surface area contributed by atoms with Gasteiger partial charge in [0, 0.05) is 11.7 Å². The van der Waals surface area contributed by atoms with Crippen molar-refractivity contribution in [1.29, 1.82) is 5.26 Å². The van der Waals surface area contributed by atoms with E-state index in [1.165, 1.54) is 0 Å². The molecule has 0 aliphatic carbocycles. The molecule has 0 aliphatic heterocycles. The van der Waals surface area contributed by atoms with Gasteiger partial charge in [0.15, 0.2) is 0 Å². The molecule has 0 fully saturated rings. The number of fused-ring (bicyclic) bond motifs is 1. The van der Waals surface area contributed by atoms with E-state index in [1.54, 1.807) is 13.0 Å². The fourth-order valence-electron chi connectivity index (χ4n) is 1.84. The zero-order valence-electron chi connectivity index (χ0n) is 9.76. The largest absolute Gasteiger partial charge is 0.462 e.